The van der Waals surface area contributed by atoms with Crippen molar-refractivity contribution in [2.75, 3.05) is 0 Å². The van der Waals surface area contributed by atoms with Crippen LogP contribution in [0, 0.1) is 12.3 Å². The normalized spacial score (nSPS) is 10.3. The zero-order valence-corrected chi connectivity index (χ0v) is 7.50. The highest BCUT2D eigenvalue weighted by molar-refractivity contribution is 7.13. The van der Waals surface area contributed by atoms with Gasteiger partial charge >= 0.3 is 0 Å². The fourth-order valence-electron chi connectivity index (χ4n) is 0.748. The lowest BCUT2D eigenvalue weighted by Crippen LogP contribution is -1.74. The Hall–Kier alpha value is -0.740. The van der Waals surface area contributed by atoms with E-state index in [9.17, 15) is 0 Å². The van der Waals surface area contributed by atoms with Crippen LogP contribution >= 0.6 is 22.7 Å². The van der Waals surface area contributed by atoms with E-state index in [4.69, 9.17) is 0 Å². The summed E-state index contributed by atoms with van der Waals surface area (Å²) >= 11 is 3.10. The van der Waals surface area contributed by atoms with Crippen LogP contribution in [0.2, 0.25) is 0 Å². The Balaban J connectivity index is 2.45. The Morgan fingerprint density at radius 2 is 2.45 bits per heavy atom. The molecule has 0 fully saturated rings. The van der Waals surface area contributed by atoms with E-state index in [2.05, 4.69) is 15.3 Å². The van der Waals surface area contributed by atoms with Crippen LogP contribution in [0.1, 0.15) is 5.69 Å². The molecule has 0 spiro atoms. The van der Waals surface area contributed by atoms with E-state index in [1.807, 2.05) is 17.8 Å². The molecule has 11 heavy (non-hydrogen) atoms. The predicted molar refractivity (Wildman–Crippen MR) is 46.8 cm³/mol. The lowest BCUT2D eigenvalue weighted by Gasteiger charge is -1.83. The molecule has 2 heterocycles. The number of thiazole rings is 2. The lowest BCUT2D eigenvalue weighted by molar-refractivity contribution is 1.25. The number of hydrogen-bond acceptors (Lipinski definition) is 4. The maximum atomic E-state index is 4.26. The summed E-state index contributed by atoms with van der Waals surface area (Å²) in [6.45, 7) is 1.94. The van der Waals surface area contributed by atoms with Crippen LogP contribution in [0.15, 0.2) is 10.9 Å². The van der Waals surface area contributed by atoms with Gasteiger partial charge in [0.1, 0.15) is 10.7 Å². The van der Waals surface area contributed by atoms with Crippen molar-refractivity contribution in [1.29, 1.82) is 0 Å². The fourth-order valence-corrected chi connectivity index (χ4v) is 2.05. The van der Waals surface area contributed by atoms with E-state index in [1.54, 1.807) is 11.3 Å². The molecule has 2 aromatic rings. The van der Waals surface area contributed by atoms with E-state index in [0.717, 1.165) is 16.4 Å². The largest absolute Gasteiger partial charge is 0.242 e. The average Bonchev–Trinajstić information content (AvgIpc) is 2.55. The van der Waals surface area contributed by atoms with Crippen LogP contribution in [0.5, 0.6) is 0 Å². The fraction of sp³-hybridized carbons (Fsp3) is 0.143. The van der Waals surface area contributed by atoms with E-state index >= 15 is 0 Å². The van der Waals surface area contributed by atoms with Crippen molar-refractivity contribution in [3.05, 3.63) is 22.0 Å². The van der Waals surface area contributed by atoms with Crippen molar-refractivity contribution < 1.29 is 0 Å². The third-order valence-electron chi connectivity index (χ3n) is 1.22. The van der Waals surface area contributed by atoms with Crippen molar-refractivity contribution in [3.63, 3.8) is 0 Å². The summed E-state index contributed by atoms with van der Waals surface area (Å²) < 4.78 is 0. The second-order valence-corrected chi connectivity index (χ2v) is 3.59. The van der Waals surface area contributed by atoms with Gasteiger partial charge in [-0.2, -0.15) is 0 Å². The minimum atomic E-state index is 0.943. The molecule has 2 nitrogen and oxygen atoms in total. The number of aryl methyl sites for hydroxylation is 1. The van der Waals surface area contributed by atoms with Crippen LogP contribution in [-0.2, 0) is 0 Å². The summed E-state index contributed by atoms with van der Waals surface area (Å²) in [7, 11) is 0. The second-order valence-electron chi connectivity index (χ2n) is 2.08. The van der Waals surface area contributed by atoms with Gasteiger partial charge in [-0.15, -0.1) is 22.7 Å². The molecule has 1 radical (unpaired) electrons. The molecule has 0 saturated carbocycles. The topological polar surface area (TPSA) is 25.8 Å². The number of rotatable bonds is 1. The van der Waals surface area contributed by atoms with Crippen LogP contribution in [0.3, 0.4) is 0 Å². The lowest BCUT2D eigenvalue weighted by atomic mass is 10.5. The van der Waals surface area contributed by atoms with Gasteiger partial charge in [-0.3, -0.25) is 0 Å². The van der Waals surface area contributed by atoms with Crippen LogP contribution in [-0.4, -0.2) is 9.97 Å². The maximum absolute atomic E-state index is 4.26. The Kier molecular flexibility index (Phi) is 1.71. The standard InChI is InChI=1S/C7H5N2S2/c1-5-2-11-7(9-5)6-3-10-4-8-6/h3-4H,1H3. The molecule has 2 rings (SSSR count). The molecule has 0 aliphatic heterocycles. The molecule has 0 aromatic carbocycles. The first-order chi connectivity index (χ1) is 5.36. The first-order valence-corrected chi connectivity index (χ1v) is 4.86. The van der Waals surface area contributed by atoms with Crippen molar-refractivity contribution in [2.45, 2.75) is 6.92 Å². The summed E-state index contributed by atoms with van der Waals surface area (Å²) in [5.74, 6) is 0. The molecule has 0 unspecified atom stereocenters. The molecule has 0 amide bonds. The zero-order chi connectivity index (χ0) is 7.68. The molecule has 55 valence electrons. The molecule has 0 aliphatic rings. The maximum Gasteiger partial charge on any atom is 0.143 e. The molecule has 4 heteroatoms. The van der Waals surface area contributed by atoms with Crippen molar-refractivity contribution in [3.8, 4) is 10.7 Å². The Bertz CT molecular complexity index is 337. The molecular weight excluding hydrogens is 176 g/mol. The van der Waals surface area contributed by atoms with E-state index in [-0.39, 0.29) is 0 Å². The highest BCUT2D eigenvalue weighted by atomic mass is 32.1. The van der Waals surface area contributed by atoms with Crippen LogP contribution in [0.25, 0.3) is 10.7 Å². The van der Waals surface area contributed by atoms with Crippen LogP contribution < -0.4 is 0 Å². The number of hydrogen-bond donors (Lipinski definition) is 0. The molecule has 0 bridgehead atoms. The minimum Gasteiger partial charge on any atom is -0.242 e. The van der Waals surface area contributed by atoms with E-state index in [1.165, 1.54) is 11.3 Å². The van der Waals surface area contributed by atoms with Crippen molar-refractivity contribution in [1.82, 2.24) is 9.97 Å². The second kappa shape index (κ2) is 2.71. The van der Waals surface area contributed by atoms with Gasteiger partial charge in [0.05, 0.1) is 16.6 Å². The molecule has 2 aromatic heterocycles. The number of nitrogens with zero attached hydrogens (tertiary/aromatic N) is 2. The third-order valence-corrected chi connectivity index (χ3v) is 2.69. The van der Waals surface area contributed by atoms with E-state index < -0.39 is 0 Å². The van der Waals surface area contributed by atoms with Crippen molar-refractivity contribution >= 4 is 22.7 Å². The van der Waals surface area contributed by atoms with Gasteiger partial charge in [-0.05, 0) is 6.92 Å². The summed E-state index contributed by atoms with van der Waals surface area (Å²) in [6.07, 6.45) is 0. The Morgan fingerprint density at radius 1 is 1.55 bits per heavy atom. The molecule has 0 N–H and O–H groups in total. The Morgan fingerprint density at radius 3 is 3.00 bits per heavy atom. The smallest absolute Gasteiger partial charge is 0.143 e. The molecule has 0 atom stereocenters. The summed E-state index contributed by atoms with van der Waals surface area (Å²) in [5, 5.41) is 6.01. The average molecular weight is 181 g/mol. The Labute approximate surface area is 72.6 Å². The van der Waals surface area contributed by atoms with Gasteiger partial charge in [0.2, 0.25) is 0 Å². The van der Waals surface area contributed by atoms with E-state index in [0.29, 0.717) is 0 Å². The van der Waals surface area contributed by atoms with Gasteiger partial charge in [-0.1, -0.05) is 0 Å². The summed E-state index contributed by atoms with van der Waals surface area (Å²) in [6, 6.07) is 0. The third kappa shape index (κ3) is 1.32. The van der Waals surface area contributed by atoms with Gasteiger partial charge in [-0.25, -0.2) is 9.97 Å². The van der Waals surface area contributed by atoms with Gasteiger partial charge < -0.3 is 0 Å². The van der Waals surface area contributed by atoms with Crippen LogP contribution in [0.4, 0.5) is 0 Å². The van der Waals surface area contributed by atoms with Crippen molar-refractivity contribution in [2.24, 2.45) is 0 Å². The van der Waals surface area contributed by atoms with Gasteiger partial charge in [0.25, 0.3) is 0 Å². The molecule has 0 aliphatic carbocycles. The molecular formula is C7H5N2S2. The van der Waals surface area contributed by atoms with Gasteiger partial charge in [0.15, 0.2) is 0 Å². The quantitative estimate of drug-likeness (QED) is 0.675. The minimum absolute atomic E-state index is 0.943. The number of aromatic nitrogens is 2. The highest BCUT2D eigenvalue weighted by Gasteiger charge is 2.02. The first-order valence-electron chi connectivity index (χ1n) is 3.10. The predicted octanol–water partition coefficient (Wildman–Crippen LogP) is 2.38. The van der Waals surface area contributed by atoms with Gasteiger partial charge in [0, 0.05) is 5.38 Å². The monoisotopic (exact) mass is 181 g/mol. The summed E-state index contributed by atoms with van der Waals surface area (Å²) in [4.78, 5) is 8.41. The highest BCUT2D eigenvalue weighted by Crippen LogP contribution is 2.21. The first kappa shape index (κ1) is 6.94. The SMILES string of the molecule is Cc1[c]sc(-c2cscn2)n1. The zero-order valence-electron chi connectivity index (χ0n) is 5.87. The summed E-state index contributed by atoms with van der Waals surface area (Å²) in [5.41, 5.74) is 3.72. The molecule has 0 saturated heterocycles.